The van der Waals surface area contributed by atoms with Crippen molar-refractivity contribution < 1.29 is 13.7 Å². The molecule has 0 aliphatic heterocycles. The molecule has 2 aliphatic rings. The highest BCUT2D eigenvalue weighted by molar-refractivity contribution is 5.85. The summed E-state index contributed by atoms with van der Waals surface area (Å²) in [4.78, 5) is 2.09. The smallest absolute Gasteiger partial charge is 0.175 e. The number of rotatable bonds is 6. The summed E-state index contributed by atoms with van der Waals surface area (Å²) < 4.78 is 25.2. The van der Waals surface area contributed by atoms with Crippen molar-refractivity contribution in [2.45, 2.75) is 31.9 Å². The van der Waals surface area contributed by atoms with Gasteiger partial charge in [-0.05, 0) is 67.9 Å². The van der Waals surface area contributed by atoms with Crippen LogP contribution in [0.3, 0.4) is 0 Å². The molecular weight excluding hydrogens is 391 g/mol. The van der Waals surface area contributed by atoms with E-state index in [0.29, 0.717) is 13.2 Å². The van der Waals surface area contributed by atoms with E-state index in [2.05, 4.69) is 40.4 Å². The average molecular weight is 416 g/mol. The fraction of sp³-hybridized carbons (Fsp3) is 0.269. The Morgan fingerprint density at radius 2 is 1.81 bits per heavy atom. The Morgan fingerprint density at radius 3 is 2.55 bits per heavy atom. The number of fused-ring (bicyclic) bond motifs is 5. The third-order valence-electron chi connectivity index (χ3n) is 5.94. The van der Waals surface area contributed by atoms with Crippen LogP contribution in [0.5, 0.6) is 5.75 Å². The maximum atomic E-state index is 13.2. The van der Waals surface area contributed by atoms with Crippen LogP contribution in [0, 0.1) is 5.82 Å². The van der Waals surface area contributed by atoms with Crippen LogP contribution in [0.15, 0.2) is 65.2 Å². The first-order chi connectivity index (χ1) is 15.1. The second kappa shape index (κ2) is 8.16. The predicted molar refractivity (Wildman–Crippen MR) is 119 cm³/mol. The van der Waals surface area contributed by atoms with Crippen molar-refractivity contribution in [2.75, 3.05) is 14.1 Å². The van der Waals surface area contributed by atoms with Gasteiger partial charge in [0.25, 0.3) is 0 Å². The van der Waals surface area contributed by atoms with Crippen LogP contribution in [-0.2, 0) is 19.6 Å². The molecule has 3 aromatic carbocycles. The van der Waals surface area contributed by atoms with E-state index in [4.69, 9.17) is 9.26 Å². The largest absolute Gasteiger partial charge is 0.488 e. The highest BCUT2D eigenvalue weighted by Gasteiger charge is 2.25. The van der Waals surface area contributed by atoms with Crippen molar-refractivity contribution in [1.82, 2.24) is 10.1 Å². The van der Waals surface area contributed by atoms with Crippen molar-refractivity contribution in [3.05, 3.63) is 94.4 Å². The molecule has 1 atom stereocenters. The lowest BCUT2D eigenvalue weighted by atomic mass is 9.91. The van der Waals surface area contributed by atoms with Crippen LogP contribution in [0.1, 0.15) is 40.3 Å². The number of aromatic nitrogens is 1. The van der Waals surface area contributed by atoms with E-state index in [1.54, 1.807) is 12.1 Å². The molecule has 0 fully saturated rings. The molecule has 31 heavy (non-hydrogen) atoms. The minimum atomic E-state index is -0.249. The number of hydrogen-bond acceptors (Lipinski definition) is 4. The van der Waals surface area contributed by atoms with Gasteiger partial charge in [-0.15, -0.1) is 0 Å². The van der Waals surface area contributed by atoms with Gasteiger partial charge >= 0.3 is 0 Å². The van der Waals surface area contributed by atoms with Gasteiger partial charge in [-0.1, -0.05) is 41.6 Å². The standard InChI is InChI=1S/C26H25FN2O2/c1-29(2)15-23-24(30-16-18-5-10-20(27)11-6-18)14-13-22-25(28-31-26(22)23)21-12-7-17-3-8-19(21)9-4-17/h3-6,8-11,13-14,21H,7,12,15-16H2,1-2H3. The summed E-state index contributed by atoms with van der Waals surface area (Å²) in [7, 11) is 4.04. The third-order valence-corrected chi connectivity index (χ3v) is 5.94. The summed E-state index contributed by atoms with van der Waals surface area (Å²) in [5, 5.41) is 5.57. The van der Waals surface area contributed by atoms with E-state index in [-0.39, 0.29) is 11.7 Å². The molecule has 0 N–H and O–H groups in total. The van der Waals surface area contributed by atoms with E-state index < -0.39 is 0 Å². The van der Waals surface area contributed by atoms with Gasteiger partial charge in [0.05, 0.1) is 11.3 Å². The van der Waals surface area contributed by atoms with Crippen LogP contribution in [0.2, 0.25) is 0 Å². The van der Waals surface area contributed by atoms with Crippen LogP contribution in [-0.4, -0.2) is 24.2 Å². The summed E-state index contributed by atoms with van der Waals surface area (Å²) in [6, 6.07) is 19.3. The number of halogens is 1. The first kappa shape index (κ1) is 19.8. The molecule has 1 aromatic heterocycles. The minimum Gasteiger partial charge on any atom is -0.488 e. The quantitative estimate of drug-likeness (QED) is 0.405. The Bertz CT molecular complexity index is 1200. The summed E-state index contributed by atoms with van der Waals surface area (Å²) in [6.07, 6.45) is 2.07. The Balaban J connectivity index is 1.50. The Kier molecular flexibility index (Phi) is 5.20. The molecule has 0 saturated carbocycles. The van der Waals surface area contributed by atoms with Crippen LogP contribution >= 0.6 is 0 Å². The summed E-state index contributed by atoms with van der Waals surface area (Å²) in [5.41, 5.74) is 6.31. The van der Waals surface area contributed by atoms with Crippen molar-refractivity contribution in [1.29, 1.82) is 0 Å². The zero-order valence-corrected chi connectivity index (χ0v) is 17.8. The zero-order valence-electron chi connectivity index (χ0n) is 17.8. The lowest BCUT2D eigenvalue weighted by Crippen LogP contribution is -2.12. The second-order valence-electron chi connectivity index (χ2n) is 8.47. The molecule has 4 nitrogen and oxygen atoms in total. The zero-order chi connectivity index (χ0) is 21.4. The monoisotopic (exact) mass is 416 g/mol. The van der Waals surface area contributed by atoms with Gasteiger partial charge < -0.3 is 14.2 Å². The topological polar surface area (TPSA) is 38.5 Å². The molecule has 5 heteroatoms. The molecule has 6 rings (SSSR count). The fourth-order valence-corrected chi connectivity index (χ4v) is 4.34. The average Bonchev–Trinajstić information content (AvgIpc) is 2.97. The molecule has 0 saturated heterocycles. The van der Waals surface area contributed by atoms with Gasteiger partial charge in [0, 0.05) is 17.8 Å². The second-order valence-corrected chi connectivity index (χ2v) is 8.47. The van der Waals surface area contributed by atoms with Crippen LogP contribution < -0.4 is 4.74 Å². The number of benzene rings is 3. The molecule has 4 aromatic rings. The summed E-state index contributed by atoms with van der Waals surface area (Å²) in [5.74, 6) is 0.741. The normalized spacial score (nSPS) is 15.5. The predicted octanol–water partition coefficient (Wildman–Crippen LogP) is 5.69. The van der Waals surface area contributed by atoms with E-state index in [1.807, 2.05) is 20.2 Å². The molecule has 0 spiro atoms. The molecule has 2 aliphatic carbocycles. The maximum absolute atomic E-state index is 13.2. The van der Waals surface area contributed by atoms with Crippen molar-refractivity contribution in [3.8, 4) is 5.75 Å². The van der Waals surface area contributed by atoms with Crippen molar-refractivity contribution in [2.24, 2.45) is 0 Å². The highest BCUT2D eigenvalue weighted by atomic mass is 19.1. The van der Waals surface area contributed by atoms with Crippen molar-refractivity contribution in [3.63, 3.8) is 0 Å². The van der Waals surface area contributed by atoms with E-state index >= 15 is 0 Å². The molecular formula is C26H25FN2O2. The summed E-state index contributed by atoms with van der Waals surface area (Å²) in [6.45, 7) is 1.03. The van der Waals surface area contributed by atoms with Crippen LogP contribution in [0.4, 0.5) is 4.39 Å². The first-order valence-electron chi connectivity index (χ1n) is 10.6. The van der Waals surface area contributed by atoms with Crippen molar-refractivity contribution >= 4 is 11.0 Å². The van der Waals surface area contributed by atoms with Gasteiger partial charge in [-0.2, -0.15) is 0 Å². The molecule has 0 radical (unpaired) electrons. The van der Waals surface area contributed by atoms with Crippen LogP contribution in [0.25, 0.3) is 11.0 Å². The molecule has 1 unspecified atom stereocenters. The first-order valence-corrected chi connectivity index (χ1v) is 10.6. The van der Waals surface area contributed by atoms with E-state index in [9.17, 15) is 4.39 Å². The lowest BCUT2D eigenvalue weighted by molar-refractivity contribution is 0.294. The van der Waals surface area contributed by atoms with Gasteiger partial charge in [0.2, 0.25) is 0 Å². The lowest BCUT2D eigenvalue weighted by Gasteiger charge is -2.16. The number of nitrogens with zero attached hydrogens (tertiary/aromatic N) is 2. The van der Waals surface area contributed by atoms with Gasteiger partial charge in [0.15, 0.2) is 5.58 Å². The van der Waals surface area contributed by atoms with E-state index in [1.165, 1.54) is 23.3 Å². The van der Waals surface area contributed by atoms with Gasteiger partial charge in [0.1, 0.15) is 18.2 Å². The highest BCUT2D eigenvalue weighted by Crippen LogP contribution is 2.39. The van der Waals surface area contributed by atoms with Gasteiger partial charge in [-0.3, -0.25) is 0 Å². The minimum absolute atomic E-state index is 0.229. The maximum Gasteiger partial charge on any atom is 0.175 e. The Morgan fingerprint density at radius 1 is 1.03 bits per heavy atom. The number of aryl methyl sites for hydroxylation is 1. The molecule has 0 amide bonds. The van der Waals surface area contributed by atoms with Gasteiger partial charge in [-0.25, -0.2) is 4.39 Å². The van der Waals surface area contributed by atoms with E-state index in [0.717, 1.165) is 46.4 Å². The third kappa shape index (κ3) is 3.93. The fourth-order valence-electron chi connectivity index (χ4n) is 4.34. The Hall–Kier alpha value is -3.18. The number of ether oxygens (including phenoxy) is 1. The SMILES string of the molecule is CN(C)Cc1c(OCc2ccc(F)cc2)ccc2c(C3CCc4ccc3cc4)noc12. The molecule has 1 heterocycles. The summed E-state index contributed by atoms with van der Waals surface area (Å²) >= 11 is 0. The molecule has 158 valence electrons. The Labute approximate surface area is 181 Å². The molecule has 2 bridgehead atoms. The number of hydrogen-bond donors (Lipinski definition) is 0.